The third-order valence-electron chi connectivity index (χ3n) is 3.92. The van der Waals surface area contributed by atoms with Gasteiger partial charge in [-0.05, 0) is 30.5 Å². The van der Waals surface area contributed by atoms with Crippen molar-refractivity contribution in [1.29, 1.82) is 0 Å². The second kappa shape index (κ2) is 6.69. The maximum absolute atomic E-state index is 12.3. The highest BCUT2D eigenvalue weighted by Gasteiger charge is 2.31. The van der Waals surface area contributed by atoms with E-state index in [1.54, 1.807) is 0 Å². The Hall–Kier alpha value is -1.56. The molecule has 1 aromatic carbocycles. The molecule has 0 atom stereocenters. The summed E-state index contributed by atoms with van der Waals surface area (Å²) in [6.07, 6.45) is -1.07. The van der Waals surface area contributed by atoms with E-state index in [1.165, 1.54) is 24.3 Å². The van der Waals surface area contributed by atoms with Crippen molar-refractivity contribution >= 4 is 11.6 Å². The SMILES string of the molecule is O=C(CC1(O)CCCCC1)Nc1ccc(CC(F)(F)F)cc1. The van der Waals surface area contributed by atoms with Gasteiger partial charge in [0.05, 0.1) is 18.4 Å². The zero-order valence-corrected chi connectivity index (χ0v) is 12.2. The van der Waals surface area contributed by atoms with Gasteiger partial charge in [0.1, 0.15) is 0 Å². The van der Waals surface area contributed by atoms with E-state index in [1.807, 2.05) is 0 Å². The highest BCUT2D eigenvalue weighted by Crippen LogP contribution is 2.31. The Bertz CT molecular complexity index is 505. The number of nitrogens with one attached hydrogen (secondary N) is 1. The maximum atomic E-state index is 12.3. The standard InChI is InChI=1S/C16H20F3NO2/c17-16(18,19)10-12-4-6-13(7-5-12)20-14(21)11-15(22)8-2-1-3-9-15/h4-7,22H,1-3,8-11H2,(H,20,21). The molecule has 0 saturated heterocycles. The van der Waals surface area contributed by atoms with Crippen molar-refractivity contribution in [2.75, 3.05) is 5.32 Å². The average molecular weight is 315 g/mol. The third kappa shape index (κ3) is 5.33. The zero-order valence-electron chi connectivity index (χ0n) is 12.2. The quantitative estimate of drug-likeness (QED) is 0.887. The van der Waals surface area contributed by atoms with Gasteiger partial charge in [-0.2, -0.15) is 13.2 Å². The van der Waals surface area contributed by atoms with Gasteiger partial charge < -0.3 is 10.4 Å². The number of carbonyl (C=O) groups is 1. The minimum Gasteiger partial charge on any atom is -0.389 e. The number of anilines is 1. The van der Waals surface area contributed by atoms with E-state index in [2.05, 4.69) is 5.32 Å². The van der Waals surface area contributed by atoms with Crippen LogP contribution in [0.1, 0.15) is 44.1 Å². The van der Waals surface area contributed by atoms with Gasteiger partial charge in [0, 0.05) is 5.69 Å². The Morgan fingerprint density at radius 2 is 1.73 bits per heavy atom. The molecule has 6 heteroatoms. The van der Waals surface area contributed by atoms with E-state index < -0.39 is 18.2 Å². The van der Waals surface area contributed by atoms with E-state index in [0.29, 0.717) is 18.5 Å². The van der Waals surface area contributed by atoms with Gasteiger partial charge in [-0.3, -0.25) is 4.79 Å². The summed E-state index contributed by atoms with van der Waals surface area (Å²) in [6, 6.07) is 5.59. The molecular weight excluding hydrogens is 295 g/mol. The van der Waals surface area contributed by atoms with Crippen LogP contribution in [-0.4, -0.2) is 22.8 Å². The average Bonchev–Trinajstić information content (AvgIpc) is 2.39. The number of rotatable bonds is 4. The van der Waals surface area contributed by atoms with Crippen LogP contribution in [0.25, 0.3) is 0 Å². The van der Waals surface area contributed by atoms with Crippen LogP contribution < -0.4 is 5.32 Å². The lowest BCUT2D eigenvalue weighted by molar-refractivity contribution is -0.127. The number of aliphatic hydroxyl groups is 1. The van der Waals surface area contributed by atoms with Crippen LogP contribution in [-0.2, 0) is 11.2 Å². The summed E-state index contributed by atoms with van der Waals surface area (Å²) in [5, 5.41) is 12.9. The summed E-state index contributed by atoms with van der Waals surface area (Å²) in [5.41, 5.74) is -0.356. The van der Waals surface area contributed by atoms with E-state index >= 15 is 0 Å². The number of carbonyl (C=O) groups excluding carboxylic acids is 1. The summed E-state index contributed by atoms with van der Waals surface area (Å²) >= 11 is 0. The molecule has 0 unspecified atom stereocenters. The second-order valence-electron chi connectivity index (χ2n) is 6.00. The van der Waals surface area contributed by atoms with Crippen molar-refractivity contribution in [3.63, 3.8) is 0 Å². The number of amides is 1. The second-order valence-corrected chi connectivity index (χ2v) is 6.00. The number of hydrogen-bond acceptors (Lipinski definition) is 2. The predicted molar refractivity (Wildman–Crippen MR) is 77.5 cm³/mol. The van der Waals surface area contributed by atoms with E-state index in [4.69, 9.17) is 0 Å². The molecule has 1 fully saturated rings. The Morgan fingerprint density at radius 3 is 2.27 bits per heavy atom. The lowest BCUT2D eigenvalue weighted by atomic mass is 9.82. The first-order chi connectivity index (χ1) is 10.3. The molecule has 1 aliphatic carbocycles. The molecule has 0 aromatic heterocycles. The third-order valence-corrected chi connectivity index (χ3v) is 3.92. The Labute approximate surface area is 127 Å². The molecule has 122 valence electrons. The molecule has 1 amide bonds. The topological polar surface area (TPSA) is 49.3 Å². The van der Waals surface area contributed by atoms with Gasteiger partial charge in [0.25, 0.3) is 0 Å². The minimum absolute atomic E-state index is 0.0251. The fraction of sp³-hybridized carbons (Fsp3) is 0.562. The van der Waals surface area contributed by atoms with E-state index in [0.717, 1.165) is 19.3 Å². The highest BCUT2D eigenvalue weighted by molar-refractivity contribution is 5.91. The summed E-state index contributed by atoms with van der Waals surface area (Å²) in [4.78, 5) is 11.9. The van der Waals surface area contributed by atoms with Gasteiger partial charge in [-0.15, -0.1) is 0 Å². The van der Waals surface area contributed by atoms with Crippen molar-refractivity contribution in [2.45, 2.75) is 56.7 Å². The van der Waals surface area contributed by atoms with Crippen molar-refractivity contribution in [1.82, 2.24) is 0 Å². The summed E-state index contributed by atoms with van der Waals surface area (Å²) in [7, 11) is 0. The van der Waals surface area contributed by atoms with Crippen LogP contribution in [0.3, 0.4) is 0 Å². The molecule has 1 aromatic rings. The van der Waals surface area contributed by atoms with Crippen molar-refractivity contribution in [3.05, 3.63) is 29.8 Å². The normalized spacial score (nSPS) is 18.0. The molecule has 22 heavy (non-hydrogen) atoms. The first-order valence-electron chi connectivity index (χ1n) is 7.44. The van der Waals surface area contributed by atoms with Crippen LogP contribution in [0.15, 0.2) is 24.3 Å². The fourth-order valence-electron chi connectivity index (χ4n) is 2.83. The summed E-state index contributed by atoms with van der Waals surface area (Å²) in [6.45, 7) is 0. The van der Waals surface area contributed by atoms with Crippen molar-refractivity contribution in [2.24, 2.45) is 0 Å². The van der Waals surface area contributed by atoms with Crippen molar-refractivity contribution in [3.8, 4) is 0 Å². The van der Waals surface area contributed by atoms with Gasteiger partial charge in [-0.25, -0.2) is 0 Å². The van der Waals surface area contributed by atoms with Gasteiger partial charge >= 0.3 is 6.18 Å². The molecule has 1 saturated carbocycles. The summed E-state index contributed by atoms with van der Waals surface area (Å²) in [5.74, 6) is -0.312. The highest BCUT2D eigenvalue weighted by atomic mass is 19.4. The van der Waals surface area contributed by atoms with E-state index in [-0.39, 0.29) is 17.9 Å². The van der Waals surface area contributed by atoms with Crippen LogP contribution in [0.4, 0.5) is 18.9 Å². The Kier molecular flexibility index (Phi) is 5.11. The fourth-order valence-corrected chi connectivity index (χ4v) is 2.83. The molecular formula is C16H20F3NO2. The number of alkyl halides is 3. The van der Waals surface area contributed by atoms with E-state index in [9.17, 15) is 23.1 Å². The molecule has 2 rings (SSSR count). The van der Waals surface area contributed by atoms with Crippen LogP contribution in [0.5, 0.6) is 0 Å². The van der Waals surface area contributed by atoms with Crippen LogP contribution >= 0.6 is 0 Å². The molecule has 3 nitrogen and oxygen atoms in total. The Balaban J connectivity index is 1.89. The lowest BCUT2D eigenvalue weighted by Crippen LogP contribution is -2.35. The van der Waals surface area contributed by atoms with Crippen molar-refractivity contribution < 1.29 is 23.1 Å². The maximum Gasteiger partial charge on any atom is 0.393 e. The molecule has 1 aliphatic rings. The minimum atomic E-state index is -4.24. The largest absolute Gasteiger partial charge is 0.393 e. The number of hydrogen-bond donors (Lipinski definition) is 2. The van der Waals surface area contributed by atoms with Gasteiger partial charge in [-0.1, -0.05) is 31.4 Å². The van der Waals surface area contributed by atoms with Gasteiger partial charge in [0.15, 0.2) is 0 Å². The molecule has 0 aliphatic heterocycles. The summed E-state index contributed by atoms with van der Waals surface area (Å²) < 4.78 is 36.8. The number of halogens is 3. The Morgan fingerprint density at radius 1 is 1.14 bits per heavy atom. The first-order valence-corrected chi connectivity index (χ1v) is 7.44. The van der Waals surface area contributed by atoms with Crippen LogP contribution in [0.2, 0.25) is 0 Å². The predicted octanol–water partition coefficient (Wildman–Crippen LogP) is 3.82. The molecule has 0 radical (unpaired) electrons. The first kappa shape index (κ1) is 16.8. The monoisotopic (exact) mass is 315 g/mol. The smallest absolute Gasteiger partial charge is 0.389 e. The van der Waals surface area contributed by atoms with Crippen LogP contribution in [0, 0.1) is 0 Å². The molecule has 0 bridgehead atoms. The van der Waals surface area contributed by atoms with Gasteiger partial charge in [0.2, 0.25) is 5.91 Å². The molecule has 0 heterocycles. The molecule has 2 N–H and O–H groups in total. The lowest BCUT2D eigenvalue weighted by Gasteiger charge is -2.31. The zero-order chi connectivity index (χ0) is 16.2. The molecule has 0 spiro atoms. The number of benzene rings is 1.